The fourth-order valence-corrected chi connectivity index (χ4v) is 2.31. The Bertz CT molecular complexity index is 448. The van der Waals surface area contributed by atoms with Crippen LogP contribution in [-0.2, 0) is 17.5 Å². The topological polar surface area (TPSA) is 38.5 Å². The van der Waals surface area contributed by atoms with Gasteiger partial charge in [0.1, 0.15) is 0 Å². The molecule has 0 aromatic heterocycles. The summed E-state index contributed by atoms with van der Waals surface area (Å²) in [5.74, 6) is 0. The molecule has 106 valence electrons. The van der Waals surface area contributed by atoms with E-state index in [1.807, 2.05) is 11.8 Å². The zero-order chi connectivity index (χ0) is 14.0. The van der Waals surface area contributed by atoms with E-state index >= 15 is 0 Å². The number of alkyl halides is 3. The summed E-state index contributed by atoms with van der Waals surface area (Å²) in [6, 6.07) is 4.30. The largest absolute Gasteiger partial charge is 0.416 e. The van der Waals surface area contributed by atoms with Crippen molar-refractivity contribution in [1.82, 2.24) is 0 Å². The standard InChI is InChI=1S/C13H17F3N2O/c1-9-8-19-5-4-18(9)11-2-3-12(13(14,15)16)10(6-11)7-17/h2-3,6,9H,4-5,7-8,17H2,1H3. The molecule has 1 atom stereocenters. The summed E-state index contributed by atoms with van der Waals surface area (Å²) >= 11 is 0. The van der Waals surface area contributed by atoms with Gasteiger partial charge in [0, 0.05) is 24.8 Å². The number of hydrogen-bond acceptors (Lipinski definition) is 3. The molecule has 1 aromatic rings. The highest BCUT2D eigenvalue weighted by atomic mass is 19.4. The third-order valence-electron chi connectivity index (χ3n) is 3.31. The van der Waals surface area contributed by atoms with Gasteiger partial charge >= 0.3 is 6.18 Å². The van der Waals surface area contributed by atoms with Gasteiger partial charge in [-0.3, -0.25) is 0 Å². The number of rotatable bonds is 2. The molecule has 2 N–H and O–H groups in total. The maximum atomic E-state index is 12.8. The average molecular weight is 274 g/mol. The molecule has 1 heterocycles. The number of benzene rings is 1. The zero-order valence-corrected chi connectivity index (χ0v) is 10.7. The summed E-state index contributed by atoms with van der Waals surface area (Å²) in [5.41, 5.74) is 5.68. The van der Waals surface area contributed by atoms with Crippen LogP contribution in [0.15, 0.2) is 18.2 Å². The number of nitrogens with zero attached hydrogens (tertiary/aromatic N) is 1. The fraction of sp³-hybridized carbons (Fsp3) is 0.538. The second-order valence-corrected chi connectivity index (χ2v) is 4.66. The first-order chi connectivity index (χ1) is 8.93. The van der Waals surface area contributed by atoms with Crippen LogP contribution in [0.3, 0.4) is 0 Å². The third kappa shape index (κ3) is 3.01. The zero-order valence-electron chi connectivity index (χ0n) is 10.7. The van der Waals surface area contributed by atoms with Gasteiger partial charge in [-0.05, 0) is 30.7 Å². The first-order valence-corrected chi connectivity index (χ1v) is 6.18. The van der Waals surface area contributed by atoms with Crippen LogP contribution in [0.4, 0.5) is 18.9 Å². The molecule has 1 aliphatic rings. The molecule has 0 amide bonds. The summed E-state index contributed by atoms with van der Waals surface area (Å²) in [4.78, 5) is 2.04. The lowest BCUT2D eigenvalue weighted by atomic mass is 10.0. The molecule has 19 heavy (non-hydrogen) atoms. The van der Waals surface area contributed by atoms with Crippen LogP contribution in [-0.4, -0.2) is 25.8 Å². The minimum absolute atomic E-state index is 0.124. The Hall–Kier alpha value is -1.27. The predicted octanol–water partition coefficient (Wildman–Crippen LogP) is 2.39. The van der Waals surface area contributed by atoms with E-state index in [0.717, 1.165) is 11.8 Å². The number of hydrogen-bond donors (Lipinski definition) is 1. The highest BCUT2D eigenvalue weighted by Crippen LogP contribution is 2.34. The van der Waals surface area contributed by atoms with Crippen LogP contribution in [0.25, 0.3) is 0 Å². The number of morpholine rings is 1. The Morgan fingerprint density at radius 2 is 2.16 bits per heavy atom. The van der Waals surface area contributed by atoms with Gasteiger partial charge in [-0.25, -0.2) is 0 Å². The molecule has 1 saturated heterocycles. The Morgan fingerprint density at radius 3 is 2.74 bits per heavy atom. The van der Waals surface area contributed by atoms with Crippen LogP contribution in [0, 0.1) is 0 Å². The minimum atomic E-state index is -4.36. The van der Waals surface area contributed by atoms with Crippen molar-refractivity contribution in [1.29, 1.82) is 0 Å². The first kappa shape index (κ1) is 14.1. The van der Waals surface area contributed by atoms with E-state index in [1.54, 1.807) is 0 Å². The summed E-state index contributed by atoms with van der Waals surface area (Å²) in [6.45, 7) is 3.71. The molecular formula is C13H17F3N2O. The first-order valence-electron chi connectivity index (χ1n) is 6.18. The molecule has 1 aromatic carbocycles. The highest BCUT2D eigenvalue weighted by Gasteiger charge is 2.33. The summed E-state index contributed by atoms with van der Waals surface area (Å²) in [5, 5.41) is 0. The number of anilines is 1. The number of halogens is 3. The molecule has 1 unspecified atom stereocenters. The third-order valence-corrected chi connectivity index (χ3v) is 3.31. The lowest BCUT2D eigenvalue weighted by Crippen LogP contribution is -2.43. The maximum Gasteiger partial charge on any atom is 0.416 e. The normalized spacial score (nSPS) is 20.7. The van der Waals surface area contributed by atoms with E-state index in [4.69, 9.17) is 10.5 Å². The van der Waals surface area contributed by atoms with Crippen molar-refractivity contribution < 1.29 is 17.9 Å². The average Bonchev–Trinajstić information content (AvgIpc) is 2.37. The highest BCUT2D eigenvalue weighted by molar-refractivity contribution is 5.52. The van der Waals surface area contributed by atoms with Crippen molar-refractivity contribution in [2.75, 3.05) is 24.7 Å². The fourth-order valence-electron chi connectivity index (χ4n) is 2.31. The second kappa shape index (κ2) is 5.38. The van der Waals surface area contributed by atoms with Crippen molar-refractivity contribution in [3.8, 4) is 0 Å². The van der Waals surface area contributed by atoms with Gasteiger partial charge in [0.15, 0.2) is 0 Å². The van der Waals surface area contributed by atoms with Crippen molar-refractivity contribution >= 4 is 5.69 Å². The van der Waals surface area contributed by atoms with Crippen LogP contribution < -0.4 is 10.6 Å². The molecule has 0 bridgehead atoms. The van der Waals surface area contributed by atoms with Gasteiger partial charge in [0.05, 0.1) is 18.8 Å². The number of nitrogens with two attached hydrogens (primary N) is 1. The molecule has 0 radical (unpaired) electrons. The molecule has 1 aliphatic heterocycles. The van der Waals surface area contributed by atoms with E-state index in [2.05, 4.69) is 0 Å². The molecule has 1 fully saturated rings. The van der Waals surface area contributed by atoms with Crippen molar-refractivity contribution in [3.63, 3.8) is 0 Å². The van der Waals surface area contributed by atoms with Gasteiger partial charge in [0.2, 0.25) is 0 Å². The van der Waals surface area contributed by atoms with E-state index < -0.39 is 11.7 Å². The molecule has 3 nitrogen and oxygen atoms in total. The molecule has 2 rings (SSSR count). The Labute approximate surface area is 110 Å². The van der Waals surface area contributed by atoms with Crippen molar-refractivity contribution in [3.05, 3.63) is 29.3 Å². The Morgan fingerprint density at radius 1 is 1.42 bits per heavy atom. The van der Waals surface area contributed by atoms with Crippen molar-refractivity contribution in [2.24, 2.45) is 5.73 Å². The van der Waals surface area contributed by atoms with Crippen LogP contribution in [0.1, 0.15) is 18.1 Å². The smallest absolute Gasteiger partial charge is 0.377 e. The SMILES string of the molecule is CC1COCCN1c1ccc(C(F)(F)F)c(CN)c1. The van der Waals surface area contributed by atoms with E-state index in [1.165, 1.54) is 12.1 Å². The molecule has 6 heteroatoms. The minimum Gasteiger partial charge on any atom is -0.377 e. The Kier molecular flexibility index (Phi) is 4.01. The quantitative estimate of drug-likeness (QED) is 0.900. The maximum absolute atomic E-state index is 12.8. The lowest BCUT2D eigenvalue weighted by molar-refractivity contribution is -0.138. The summed E-state index contributed by atoms with van der Waals surface area (Å²) < 4.78 is 43.7. The number of ether oxygens (including phenoxy) is 1. The van der Waals surface area contributed by atoms with Gasteiger partial charge in [-0.2, -0.15) is 13.2 Å². The van der Waals surface area contributed by atoms with Gasteiger partial charge in [0.25, 0.3) is 0 Å². The van der Waals surface area contributed by atoms with Crippen LogP contribution in [0.2, 0.25) is 0 Å². The molecule has 0 aliphatic carbocycles. The van der Waals surface area contributed by atoms with Gasteiger partial charge < -0.3 is 15.4 Å². The Balaban J connectivity index is 2.33. The lowest BCUT2D eigenvalue weighted by Gasteiger charge is -2.35. The summed E-state index contributed by atoms with van der Waals surface area (Å²) in [7, 11) is 0. The van der Waals surface area contributed by atoms with E-state index in [-0.39, 0.29) is 18.2 Å². The predicted molar refractivity (Wildman–Crippen MR) is 67.0 cm³/mol. The molecule has 0 spiro atoms. The molecule has 0 saturated carbocycles. The van der Waals surface area contributed by atoms with Crippen LogP contribution >= 0.6 is 0 Å². The van der Waals surface area contributed by atoms with Gasteiger partial charge in [-0.1, -0.05) is 0 Å². The van der Waals surface area contributed by atoms with Gasteiger partial charge in [-0.15, -0.1) is 0 Å². The van der Waals surface area contributed by atoms with Crippen LogP contribution in [0.5, 0.6) is 0 Å². The summed E-state index contributed by atoms with van der Waals surface area (Å²) in [6.07, 6.45) is -4.36. The second-order valence-electron chi connectivity index (χ2n) is 4.66. The van der Waals surface area contributed by atoms with Crippen molar-refractivity contribution in [2.45, 2.75) is 25.7 Å². The van der Waals surface area contributed by atoms with E-state index in [0.29, 0.717) is 19.8 Å². The molecular weight excluding hydrogens is 257 g/mol. The monoisotopic (exact) mass is 274 g/mol. The van der Waals surface area contributed by atoms with E-state index in [9.17, 15) is 13.2 Å².